The topological polar surface area (TPSA) is 103 Å². The Morgan fingerprint density at radius 2 is 2.09 bits per heavy atom. The number of sulfonamides is 1. The van der Waals surface area contributed by atoms with Crippen molar-refractivity contribution in [2.75, 3.05) is 5.75 Å². The molecular formula is C5H10N2O3S. The highest BCUT2D eigenvalue weighted by Gasteiger charge is 2.43. The van der Waals surface area contributed by atoms with Crippen LogP contribution in [0.15, 0.2) is 0 Å². The average molecular weight is 178 g/mol. The first-order valence-electron chi connectivity index (χ1n) is 3.20. The van der Waals surface area contributed by atoms with Crippen molar-refractivity contribution >= 4 is 15.9 Å². The Bertz CT molecular complexity index is 271. The number of amides is 1. The zero-order valence-electron chi connectivity index (χ0n) is 5.86. The van der Waals surface area contributed by atoms with Crippen LogP contribution in [0, 0.1) is 11.8 Å². The predicted molar refractivity (Wildman–Crippen MR) is 38.8 cm³/mol. The highest BCUT2D eigenvalue weighted by Crippen LogP contribution is 2.38. The molecule has 1 amide bonds. The summed E-state index contributed by atoms with van der Waals surface area (Å²) in [6.45, 7) is 0. The highest BCUT2D eigenvalue weighted by atomic mass is 32.2. The lowest BCUT2D eigenvalue weighted by Gasteiger charge is -1.93. The molecule has 0 saturated heterocycles. The van der Waals surface area contributed by atoms with Gasteiger partial charge in [0.15, 0.2) is 0 Å². The Hall–Kier alpha value is -0.620. The number of nitrogens with two attached hydrogens (primary N) is 2. The Balaban J connectivity index is 2.41. The third kappa shape index (κ3) is 2.47. The number of hydrogen-bond donors (Lipinski definition) is 2. The van der Waals surface area contributed by atoms with Crippen LogP contribution < -0.4 is 10.9 Å². The maximum atomic E-state index is 10.5. The minimum Gasteiger partial charge on any atom is -0.369 e. The van der Waals surface area contributed by atoms with E-state index >= 15 is 0 Å². The molecule has 11 heavy (non-hydrogen) atoms. The van der Waals surface area contributed by atoms with Crippen LogP contribution in [0.25, 0.3) is 0 Å². The fourth-order valence-corrected chi connectivity index (χ4v) is 2.04. The minimum atomic E-state index is -3.44. The van der Waals surface area contributed by atoms with Gasteiger partial charge >= 0.3 is 0 Å². The molecule has 64 valence electrons. The van der Waals surface area contributed by atoms with Gasteiger partial charge < -0.3 is 5.73 Å². The van der Waals surface area contributed by atoms with Gasteiger partial charge in [-0.2, -0.15) is 0 Å². The smallest absolute Gasteiger partial charge is 0.220 e. The Kier molecular flexibility index (Phi) is 1.89. The molecule has 6 heteroatoms. The largest absolute Gasteiger partial charge is 0.369 e. The first-order chi connectivity index (χ1) is 4.90. The maximum absolute atomic E-state index is 10.5. The van der Waals surface area contributed by atoms with Gasteiger partial charge in [-0.15, -0.1) is 0 Å². The molecule has 0 heterocycles. The lowest BCUT2D eigenvalue weighted by Crippen LogP contribution is -2.21. The number of rotatable bonds is 3. The lowest BCUT2D eigenvalue weighted by atomic mass is 10.3. The van der Waals surface area contributed by atoms with Crippen LogP contribution in [0.1, 0.15) is 6.42 Å². The minimum absolute atomic E-state index is 0.124. The molecule has 1 saturated carbocycles. The lowest BCUT2D eigenvalue weighted by molar-refractivity contribution is -0.119. The SMILES string of the molecule is NC(=O)[C@@H]1C[C@H]1CS(N)(=O)=O. The summed E-state index contributed by atoms with van der Waals surface area (Å²) < 4.78 is 21.0. The Morgan fingerprint density at radius 3 is 2.36 bits per heavy atom. The fourth-order valence-electron chi connectivity index (χ4n) is 1.08. The average Bonchev–Trinajstić information content (AvgIpc) is 2.40. The summed E-state index contributed by atoms with van der Waals surface area (Å²) in [5, 5.41) is 4.76. The van der Waals surface area contributed by atoms with E-state index in [2.05, 4.69) is 0 Å². The van der Waals surface area contributed by atoms with Crippen LogP contribution in [0.3, 0.4) is 0 Å². The summed E-state index contributed by atoms with van der Waals surface area (Å²) in [7, 11) is -3.44. The van der Waals surface area contributed by atoms with Crippen LogP contribution in [0.5, 0.6) is 0 Å². The predicted octanol–water partition coefficient (Wildman–Crippen LogP) is -1.60. The van der Waals surface area contributed by atoms with E-state index in [1.54, 1.807) is 0 Å². The fraction of sp³-hybridized carbons (Fsp3) is 0.800. The van der Waals surface area contributed by atoms with Crippen LogP contribution in [0.2, 0.25) is 0 Å². The monoisotopic (exact) mass is 178 g/mol. The number of primary sulfonamides is 1. The normalized spacial score (nSPS) is 29.9. The molecule has 1 aliphatic carbocycles. The quantitative estimate of drug-likeness (QED) is 0.543. The second kappa shape index (κ2) is 2.46. The van der Waals surface area contributed by atoms with E-state index in [9.17, 15) is 13.2 Å². The zero-order valence-corrected chi connectivity index (χ0v) is 6.67. The van der Waals surface area contributed by atoms with E-state index in [0.717, 1.165) is 0 Å². The van der Waals surface area contributed by atoms with Crippen molar-refractivity contribution in [3.05, 3.63) is 0 Å². The van der Waals surface area contributed by atoms with Gasteiger partial charge in [0.1, 0.15) is 0 Å². The van der Waals surface area contributed by atoms with E-state index in [4.69, 9.17) is 10.9 Å². The third-order valence-corrected chi connectivity index (χ3v) is 2.63. The van der Waals surface area contributed by atoms with Gasteiger partial charge in [0.2, 0.25) is 15.9 Å². The number of hydrogen-bond acceptors (Lipinski definition) is 3. The standard InChI is InChI=1S/C5H10N2O3S/c6-5(8)4-1-3(4)2-11(7,9)10/h3-4H,1-2H2,(H2,6,8)(H2,7,9,10)/t3-,4+/m0/s1. The molecule has 1 fully saturated rings. The van der Waals surface area contributed by atoms with Gasteiger partial charge in [0.25, 0.3) is 0 Å². The molecular weight excluding hydrogens is 168 g/mol. The molecule has 0 aromatic carbocycles. The molecule has 0 bridgehead atoms. The summed E-state index contributed by atoms with van der Waals surface area (Å²) in [4.78, 5) is 10.4. The Labute approximate surface area is 64.8 Å². The zero-order chi connectivity index (χ0) is 8.65. The van der Waals surface area contributed by atoms with Crippen molar-refractivity contribution in [1.82, 2.24) is 0 Å². The Morgan fingerprint density at radius 1 is 1.55 bits per heavy atom. The molecule has 4 N–H and O–H groups in total. The summed E-state index contributed by atoms with van der Waals surface area (Å²) in [6.07, 6.45) is 0.561. The summed E-state index contributed by atoms with van der Waals surface area (Å²) in [5.74, 6) is -0.963. The van der Waals surface area contributed by atoms with Crippen LogP contribution in [0.4, 0.5) is 0 Å². The summed E-state index contributed by atoms with van der Waals surface area (Å²) >= 11 is 0. The van der Waals surface area contributed by atoms with E-state index in [1.807, 2.05) is 0 Å². The second-order valence-corrected chi connectivity index (χ2v) is 4.49. The molecule has 0 radical (unpaired) electrons. The molecule has 1 rings (SSSR count). The van der Waals surface area contributed by atoms with Crippen molar-refractivity contribution in [3.63, 3.8) is 0 Å². The van der Waals surface area contributed by atoms with Crippen LogP contribution >= 0.6 is 0 Å². The van der Waals surface area contributed by atoms with Gasteiger partial charge in [0.05, 0.1) is 5.75 Å². The van der Waals surface area contributed by atoms with Crippen molar-refractivity contribution in [1.29, 1.82) is 0 Å². The van der Waals surface area contributed by atoms with Gasteiger partial charge in [0, 0.05) is 5.92 Å². The van der Waals surface area contributed by atoms with Crippen LogP contribution in [-0.2, 0) is 14.8 Å². The maximum Gasteiger partial charge on any atom is 0.220 e. The summed E-state index contributed by atoms with van der Waals surface area (Å²) in [5.41, 5.74) is 4.93. The number of carbonyl (C=O) groups is 1. The second-order valence-electron chi connectivity index (χ2n) is 2.83. The molecule has 0 spiro atoms. The van der Waals surface area contributed by atoms with E-state index in [1.165, 1.54) is 0 Å². The van der Waals surface area contributed by atoms with Gasteiger partial charge in [-0.3, -0.25) is 4.79 Å². The number of primary amides is 1. The molecule has 1 aliphatic rings. The molecule has 0 aromatic rings. The molecule has 0 aromatic heterocycles. The molecule has 0 aliphatic heterocycles. The van der Waals surface area contributed by atoms with Gasteiger partial charge in [-0.05, 0) is 12.3 Å². The van der Waals surface area contributed by atoms with Crippen molar-refractivity contribution in [2.45, 2.75) is 6.42 Å². The van der Waals surface area contributed by atoms with Crippen molar-refractivity contribution < 1.29 is 13.2 Å². The van der Waals surface area contributed by atoms with Crippen LogP contribution in [-0.4, -0.2) is 20.1 Å². The van der Waals surface area contributed by atoms with E-state index in [-0.39, 0.29) is 17.6 Å². The third-order valence-electron chi connectivity index (χ3n) is 1.73. The van der Waals surface area contributed by atoms with E-state index in [0.29, 0.717) is 6.42 Å². The first kappa shape index (κ1) is 8.48. The molecule has 2 atom stereocenters. The van der Waals surface area contributed by atoms with Gasteiger partial charge in [-0.1, -0.05) is 0 Å². The first-order valence-corrected chi connectivity index (χ1v) is 4.91. The van der Waals surface area contributed by atoms with Gasteiger partial charge in [-0.25, -0.2) is 13.6 Å². The molecule has 5 nitrogen and oxygen atoms in total. The van der Waals surface area contributed by atoms with Crippen molar-refractivity contribution in [2.24, 2.45) is 22.7 Å². The van der Waals surface area contributed by atoms with Crippen molar-refractivity contribution in [3.8, 4) is 0 Å². The molecule has 0 unspecified atom stereocenters. The number of carbonyl (C=O) groups excluding carboxylic acids is 1. The summed E-state index contributed by atoms with van der Waals surface area (Å²) in [6, 6.07) is 0. The van der Waals surface area contributed by atoms with E-state index < -0.39 is 15.9 Å². The highest BCUT2D eigenvalue weighted by molar-refractivity contribution is 7.89.